The number of aromatic nitrogens is 3. The van der Waals surface area contributed by atoms with E-state index in [1.165, 1.54) is 6.33 Å². The third-order valence-electron chi connectivity index (χ3n) is 5.96. The first-order chi connectivity index (χ1) is 14.7. The highest BCUT2D eigenvalue weighted by Crippen LogP contribution is 2.38. The second-order valence-electron chi connectivity index (χ2n) is 8.59. The van der Waals surface area contributed by atoms with E-state index in [9.17, 15) is 4.79 Å². The standard InChI is InChI=1S/C24H37N5O2/c1-7-10-21(29-16-26-15-27-29)22(17(3)24(5,6)8-2)31-18(4)23(30)28-20-12-9-11-19(13-20)14-25/h9,11-13,15-16,18,21-22H,3,7-8,10,14,25H2,1-2,4-6H3,(H,28,30). The second-order valence-corrected chi connectivity index (χ2v) is 8.59. The highest BCUT2D eigenvalue weighted by molar-refractivity contribution is 5.94. The number of benzene rings is 1. The zero-order valence-corrected chi connectivity index (χ0v) is 19.5. The van der Waals surface area contributed by atoms with Gasteiger partial charge in [0.15, 0.2) is 0 Å². The molecule has 1 aromatic carbocycles. The third kappa shape index (κ3) is 6.48. The van der Waals surface area contributed by atoms with Crippen LogP contribution in [0.2, 0.25) is 0 Å². The molecule has 0 aliphatic heterocycles. The summed E-state index contributed by atoms with van der Waals surface area (Å²) in [5.41, 5.74) is 8.17. The number of amides is 1. The minimum absolute atomic E-state index is 0.0957. The first-order valence-electron chi connectivity index (χ1n) is 11.0. The molecular formula is C24H37N5O2. The molecular weight excluding hydrogens is 390 g/mol. The number of nitrogens with zero attached hydrogens (tertiary/aromatic N) is 3. The number of carbonyl (C=O) groups excluding carboxylic acids is 1. The van der Waals surface area contributed by atoms with Gasteiger partial charge < -0.3 is 15.8 Å². The van der Waals surface area contributed by atoms with Crippen LogP contribution in [0.3, 0.4) is 0 Å². The van der Waals surface area contributed by atoms with Gasteiger partial charge in [0.05, 0.1) is 6.04 Å². The Morgan fingerprint density at radius 3 is 2.68 bits per heavy atom. The summed E-state index contributed by atoms with van der Waals surface area (Å²) in [6.07, 6.45) is 4.84. The van der Waals surface area contributed by atoms with Gasteiger partial charge in [0.1, 0.15) is 24.9 Å². The summed E-state index contributed by atoms with van der Waals surface area (Å²) >= 11 is 0. The molecule has 31 heavy (non-hydrogen) atoms. The number of ether oxygens (including phenoxy) is 1. The molecule has 0 saturated heterocycles. The van der Waals surface area contributed by atoms with Gasteiger partial charge in [-0.25, -0.2) is 9.67 Å². The molecule has 3 N–H and O–H groups in total. The van der Waals surface area contributed by atoms with E-state index in [0.717, 1.165) is 30.4 Å². The van der Waals surface area contributed by atoms with Crippen LogP contribution in [0, 0.1) is 5.41 Å². The Hall–Kier alpha value is -2.51. The van der Waals surface area contributed by atoms with Gasteiger partial charge in [-0.2, -0.15) is 5.10 Å². The van der Waals surface area contributed by atoms with E-state index in [-0.39, 0.29) is 23.5 Å². The molecule has 3 atom stereocenters. The first-order valence-corrected chi connectivity index (χ1v) is 11.0. The SMILES string of the molecule is C=C(C(OC(C)C(=O)Nc1cccc(CN)c1)C(CCC)n1cncn1)C(C)(C)CC. The number of nitrogens with one attached hydrogen (secondary N) is 1. The summed E-state index contributed by atoms with van der Waals surface area (Å²) in [4.78, 5) is 17.0. The second kappa shape index (κ2) is 11.2. The van der Waals surface area contributed by atoms with Crippen molar-refractivity contribution >= 4 is 11.6 Å². The van der Waals surface area contributed by atoms with Crippen molar-refractivity contribution < 1.29 is 9.53 Å². The monoisotopic (exact) mass is 427 g/mol. The maximum Gasteiger partial charge on any atom is 0.253 e. The molecule has 0 bridgehead atoms. The smallest absolute Gasteiger partial charge is 0.253 e. The van der Waals surface area contributed by atoms with Crippen LogP contribution in [0.15, 0.2) is 49.1 Å². The van der Waals surface area contributed by atoms with Crippen molar-refractivity contribution in [2.45, 2.75) is 78.7 Å². The molecule has 0 radical (unpaired) electrons. The van der Waals surface area contributed by atoms with Crippen LogP contribution in [0.4, 0.5) is 5.69 Å². The number of hydrogen-bond acceptors (Lipinski definition) is 5. The lowest BCUT2D eigenvalue weighted by molar-refractivity contribution is -0.131. The fourth-order valence-electron chi connectivity index (χ4n) is 3.43. The van der Waals surface area contributed by atoms with Crippen molar-refractivity contribution in [1.82, 2.24) is 14.8 Å². The summed E-state index contributed by atoms with van der Waals surface area (Å²) in [5.74, 6) is -0.213. The third-order valence-corrected chi connectivity index (χ3v) is 5.96. The molecule has 1 aromatic heterocycles. The van der Waals surface area contributed by atoms with Crippen molar-refractivity contribution in [2.75, 3.05) is 5.32 Å². The van der Waals surface area contributed by atoms with Crippen molar-refractivity contribution in [3.8, 4) is 0 Å². The first kappa shape index (κ1) is 24.8. The van der Waals surface area contributed by atoms with Gasteiger partial charge >= 0.3 is 0 Å². The quantitative estimate of drug-likeness (QED) is 0.487. The highest BCUT2D eigenvalue weighted by Gasteiger charge is 2.36. The van der Waals surface area contributed by atoms with Crippen molar-refractivity contribution in [2.24, 2.45) is 11.1 Å². The predicted octanol–water partition coefficient (Wildman–Crippen LogP) is 4.48. The molecule has 7 heteroatoms. The van der Waals surface area contributed by atoms with Gasteiger partial charge in [0.2, 0.25) is 0 Å². The molecule has 2 rings (SSSR count). The van der Waals surface area contributed by atoms with Crippen LogP contribution < -0.4 is 11.1 Å². The van der Waals surface area contributed by atoms with Gasteiger partial charge in [0.25, 0.3) is 5.91 Å². The Morgan fingerprint density at radius 2 is 2.10 bits per heavy atom. The van der Waals surface area contributed by atoms with Crippen molar-refractivity contribution in [3.05, 3.63) is 54.6 Å². The Morgan fingerprint density at radius 1 is 1.35 bits per heavy atom. The summed E-state index contributed by atoms with van der Waals surface area (Å²) in [7, 11) is 0. The van der Waals surface area contributed by atoms with Crippen LogP contribution in [-0.4, -0.2) is 32.9 Å². The summed E-state index contributed by atoms with van der Waals surface area (Å²) < 4.78 is 8.22. The van der Waals surface area contributed by atoms with Crippen molar-refractivity contribution in [3.63, 3.8) is 0 Å². The van der Waals surface area contributed by atoms with Gasteiger partial charge in [-0.1, -0.05) is 52.8 Å². The molecule has 1 amide bonds. The molecule has 0 saturated carbocycles. The lowest BCUT2D eigenvalue weighted by atomic mass is 9.77. The molecule has 3 unspecified atom stereocenters. The maximum atomic E-state index is 12.9. The van der Waals surface area contributed by atoms with E-state index in [2.05, 4.69) is 49.7 Å². The van der Waals surface area contributed by atoms with E-state index in [4.69, 9.17) is 10.5 Å². The van der Waals surface area contributed by atoms with Crippen molar-refractivity contribution in [1.29, 1.82) is 0 Å². The van der Waals surface area contributed by atoms with Gasteiger partial charge in [-0.3, -0.25) is 4.79 Å². The summed E-state index contributed by atoms with van der Waals surface area (Å²) in [5, 5.41) is 7.29. The van der Waals surface area contributed by atoms with E-state index >= 15 is 0 Å². The molecule has 7 nitrogen and oxygen atoms in total. The Labute approximate surface area is 186 Å². The van der Waals surface area contributed by atoms with Gasteiger partial charge in [0, 0.05) is 12.2 Å². The fourth-order valence-corrected chi connectivity index (χ4v) is 3.43. The minimum atomic E-state index is -0.682. The molecule has 1 heterocycles. The van der Waals surface area contributed by atoms with E-state index in [0.29, 0.717) is 12.2 Å². The number of nitrogens with two attached hydrogens (primary N) is 1. The van der Waals surface area contributed by atoms with Crippen LogP contribution in [0.25, 0.3) is 0 Å². The molecule has 0 aliphatic rings. The predicted molar refractivity (Wildman–Crippen MR) is 124 cm³/mol. The maximum absolute atomic E-state index is 12.9. The van der Waals surface area contributed by atoms with Crippen LogP contribution in [0.5, 0.6) is 0 Å². The van der Waals surface area contributed by atoms with E-state index < -0.39 is 6.10 Å². The molecule has 0 fully saturated rings. The van der Waals surface area contributed by atoms with E-state index in [1.54, 1.807) is 13.3 Å². The molecule has 170 valence electrons. The topological polar surface area (TPSA) is 95.1 Å². The fraction of sp³-hybridized carbons (Fsp3) is 0.542. The Kier molecular flexibility index (Phi) is 8.95. The Balaban J connectivity index is 2.26. The largest absolute Gasteiger partial charge is 0.359 e. The number of carbonyl (C=O) groups is 1. The number of hydrogen-bond donors (Lipinski definition) is 2. The zero-order chi connectivity index (χ0) is 23.0. The summed E-state index contributed by atoms with van der Waals surface area (Å²) in [6, 6.07) is 7.42. The number of rotatable bonds is 12. The van der Waals surface area contributed by atoms with E-state index in [1.807, 2.05) is 28.9 Å². The van der Waals surface area contributed by atoms with Gasteiger partial charge in [-0.15, -0.1) is 0 Å². The summed E-state index contributed by atoms with van der Waals surface area (Å²) in [6.45, 7) is 15.1. The molecule has 0 aliphatic carbocycles. The average Bonchev–Trinajstić information content (AvgIpc) is 3.30. The van der Waals surface area contributed by atoms with Crippen LogP contribution >= 0.6 is 0 Å². The molecule has 0 spiro atoms. The molecule has 2 aromatic rings. The Bertz CT molecular complexity index is 847. The number of anilines is 1. The lowest BCUT2D eigenvalue weighted by Crippen LogP contribution is -2.40. The van der Waals surface area contributed by atoms with Crippen LogP contribution in [-0.2, 0) is 16.1 Å². The lowest BCUT2D eigenvalue weighted by Gasteiger charge is -2.37. The zero-order valence-electron chi connectivity index (χ0n) is 19.5. The van der Waals surface area contributed by atoms with Gasteiger partial charge in [-0.05, 0) is 48.4 Å². The average molecular weight is 428 g/mol. The minimum Gasteiger partial charge on any atom is -0.359 e. The van der Waals surface area contributed by atoms with Crippen LogP contribution in [0.1, 0.15) is 65.5 Å². The normalized spacial score (nSPS) is 14.6. The highest BCUT2D eigenvalue weighted by atomic mass is 16.5.